The van der Waals surface area contributed by atoms with Gasteiger partial charge in [0.1, 0.15) is 0 Å². The van der Waals surface area contributed by atoms with Crippen LogP contribution in [-0.4, -0.2) is 16.5 Å². The predicted molar refractivity (Wildman–Crippen MR) is 35.1 cm³/mol. The molecule has 0 aliphatic rings. The highest BCUT2D eigenvalue weighted by atomic mass is 19.1. The van der Waals surface area contributed by atoms with Crippen molar-refractivity contribution < 1.29 is 23.8 Å². The molecule has 64 valence electrons. The lowest BCUT2D eigenvalue weighted by atomic mass is 10.2. The number of phenolic OH excluding ortho intramolecular Hbond substituents is 2. The summed E-state index contributed by atoms with van der Waals surface area (Å²) in [4.78, 5) is 10.1. The summed E-state index contributed by atoms with van der Waals surface area (Å²) in [7, 11) is 0. The Morgan fingerprint density at radius 3 is 1.92 bits per heavy atom. The minimum absolute atomic E-state index is 0.121. The SMILES string of the molecule is O=Cc1c(F)c(O)cc(O)c1F. The van der Waals surface area contributed by atoms with E-state index >= 15 is 0 Å². The van der Waals surface area contributed by atoms with Gasteiger partial charge in [-0.25, -0.2) is 8.78 Å². The number of benzene rings is 1. The van der Waals surface area contributed by atoms with E-state index < -0.39 is 28.7 Å². The Hall–Kier alpha value is -1.65. The number of carbonyl (C=O) groups is 1. The van der Waals surface area contributed by atoms with E-state index in [-0.39, 0.29) is 6.29 Å². The fourth-order valence-electron chi connectivity index (χ4n) is 0.732. The lowest BCUT2D eigenvalue weighted by Crippen LogP contribution is -1.94. The first-order chi connectivity index (χ1) is 5.57. The molecule has 0 aromatic heterocycles. The minimum Gasteiger partial charge on any atom is -0.505 e. The van der Waals surface area contributed by atoms with Crippen LogP contribution in [0.5, 0.6) is 11.5 Å². The van der Waals surface area contributed by atoms with Gasteiger partial charge >= 0.3 is 0 Å². The maximum absolute atomic E-state index is 12.6. The van der Waals surface area contributed by atoms with Crippen LogP contribution in [0.2, 0.25) is 0 Å². The fraction of sp³-hybridized carbons (Fsp3) is 0. The first kappa shape index (κ1) is 8.45. The highest BCUT2D eigenvalue weighted by molar-refractivity contribution is 5.77. The quantitative estimate of drug-likeness (QED) is 0.628. The summed E-state index contributed by atoms with van der Waals surface area (Å²) in [5.41, 5.74) is -0.979. The van der Waals surface area contributed by atoms with Crippen LogP contribution in [0.15, 0.2) is 6.07 Å². The van der Waals surface area contributed by atoms with E-state index in [2.05, 4.69) is 0 Å². The van der Waals surface area contributed by atoms with Gasteiger partial charge in [-0.1, -0.05) is 0 Å². The molecular formula is C7H4F2O3. The van der Waals surface area contributed by atoms with E-state index in [1.165, 1.54) is 0 Å². The molecule has 3 nitrogen and oxygen atoms in total. The number of aromatic hydroxyl groups is 2. The maximum atomic E-state index is 12.6. The van der Waals surface area contributed by atoms with Crippen LogP contribution in [-0.2, 0) is 0 Å². The summed E-state index contributed by atoms with van der Waals surface area (Å²) in [5, 5.41) is 17.4. The normalized spacial score (nSPS) is 9.83. The molecule has 0 aliphatic carbocycles. The number of aldehydes is 1. The molecule has 2 N–H and O–H groups in total. The van der Waals surface area contributed by atoms with Crippen molar-refractivity contribution in [3.63, 3.8) is 0 Å². The van der Waals surface area contributed by atoms with Crippen LogP contribution in [0.4, 0.5) is 8.78 Å². The number of hydrogen-bond acceptors (Lipinski definition) is 3. The van der Waals surface area contributed by atoms with Gasteiger partial charge in [0.25, 0.3) is 0 Å². The molecule has 1 aromatic rings. The zero-order valence-electron chi connectivity index (χ0n) is 5.71. The van der Waals surface area contributed by atoms with Gasteiger partial charge in [-0.2, -0.15) is 0 Å². The molecule has 0 saturated carbocycles. The Kier molecular flexibility index (Phi) is 1.95. The highest BCUT2D eigenvalue weighted by Crippen LogP contribution is 2.28. The minimum atomic E-state index is -1.37. The van der Waals surface area contributed by atoms with Crippen molar-refractivity contribution in [1.82, 2.24) is 0 Å². The van der Waals surface area contributed by atoms with Crippen molar-refractivity contribution in [1.29, 1.82) is 0 Å². The molecule has 0 bridgehead atoms. The maximum Gasteiger partial charge on any atom is 0.178 e. The molecule has 0 unspecified atom stereocenters. The van der Waals surface area contributed by atoms with E-state index in [0.29, 0.717) is 6.07 Å². The molecule has 12 heavy (non-hydrogen) atoms. The third kappa shape index (κ3) is 1.09. The largest absolute Gasteiger partial charge is 0.505 e. The van der Waals surface area contributed by atoms with Crippen molar-refractivity contribution in [2.24, 2.45) is 0 Å². The van der Waals surface area contributed by atoms with E-state index in [4.69, 9.17) is 10.2 Å². The molecule has 5 heteroatoms. The molecule has 0 amide bonds. The lowest BCUT2D eigenvalue weighted by Gasteiger charge is -2.01. The average Bonchev–Trinajstić information content (AvgIpc) is 2.02. The summed E-state index contributed by atoms with van der Waals surface area (Å²) < 4.78 is 25.2. The highest BCUT2D eigenvalue weighted by Gasteiger charge is 2.16. The molecule has 1 aromatic carbocycles. The van der Waals surface area contributed by atoms with Gasteiger partial charge in [-0.15, -0.1) is 0 Å². The number of hydrogen-bond donors (Lipinski definition) is 2. The number of carbonyl (C=O) groups excluding carboxylic acids is 1. The van der Waals surface area contributed by atoms with Gasteiger partial charge in [-0.3, -0.25) is 4.79 Å². The van der Waals surface area contributed by atoms with Crippen LogP contribution < -0.4 is 0 Å². The Morgan fingerprint density at radius 1 is 1.17 bits per heavy atom. The van der Waals surface area contributed by atoms with Gasteiger partial charge < -0.3 is 10.2 Å². The molecule has 0 atom stereocenters. The van der Waals surface area contributed by atoms with Crippen LogP contribution in [0.3, 0.4) is 0 Å². The molecule has 0 spiro atoms. The number of rotatable bonds is 1. The van der Waals surface area contributed by atoms with Crippen molar-refractivity contribution in [3.05, 3.63) is 23.3 Å². The molecule has 0 aliphatic heterocycles. The molecule has 0 heterocycles. The summed E-state index contributed by atoms with van der Waals surface area (Å²) in [6, 6.07) is 0.484. The zero-order chi connectivity index (χ0) is 9.30. The molecule has 0 saturated heterocycles. The van der Waals surface area contributed by atoms with Gasteiger partial charge in [0, 0.05) is 6.07 Å². The second kappa shape index (κ2) is 2.77. The van der Waals surface area contributed by atoms with E-state index in [1.807, 2.05) is 0 Å². The first-order valence-corrected chi connectivity index (χ1v) is 2.93. The van der Waals surface area contributed by atoms with Crippen LogP contribution >= 0.6 is 0 Å². The summed E-state index contributed by atoms with van der Waals surface area (Å²) in [6.07, 6.45) is -0.121. The standard InChI is InChI=1S/C7H4F2O3/c8-6-3(2-10)7(9)5(12)1-4(6)11/h1-2,11-12H. The smallest absolute Gasteiger partial charge is 0.178 e. The second-order valence-electron chi connectivity index (χ2n) is 2.07. The molecular weight excluding hydrogens is 170 g/mol. The predicted octanol–water partition coefficient (Wildman–Crippen LogP) is 1.19. The monoisotopic (exact) mass is 174 g/mol. The topological polar surface area (TPSA) is 57.5 Å². The van der Waals surface area contributed by atoms with Gasteiger partial charge in [0.15, 0.2) is 29.4 Å². The number of phenols is 2. The first-order valence-electron chi connectivity index (χ1n) is 2.93. The van der Waals surface area contributed by atoms with Crippen molar-refractivity contribution in [2.75, 3.05) is 0 Å². The van der Waals surface area contributed by atoms with E-state index in [1.54, 1.807) is 0 Å². The summed E-state index contributed by atoms with van der Waals surface area (Å²) in [5.74, 6) is -4.67. The Bertz CT molecular complexity index is 310. The Labute approximate surface area is 65.9 Å². The molecule has 0 radical (unpaired) electrons. The van der Waals surface area contributed by atoms with Crippen LogP contribution in [0.25, 0.3) is 0 Å². The van der Waals surface area contributed by atoms with Crippen molar-refractivity contribution in [2.45, 2.75) is 0 Å². The fourth-order valence-corrected chi connectivity index (χ4v) is 0.732. The number of halogens is 2. The average molecular weight is 174 g/mol. The second-order valence-corrected chi connectivity index (χ2v) is 2.07. The zero-order valence-corrected chi connectivity index (χ0v) is 5.71. The van der Waals surface area contributed by atoms with E-state index in [9.17, 15) is 13.6 Å². The lowest BCUT2D eigenvalue weighted by molar-refractivity contribution is 0.111. The van der Waals surface area contributed by atoms with Gasteiger partial charge in [-0.05, 0) is 0 Å². The Balaban J connectivity index is 3.52. The third-order valence-electron chi connectivity index (χ3n) is 1.31. The third-order valence-corrected chi connectivity index (χ3v) is 1.31. The summed E-state index contributed by atoms with van der Waals surface area (Å²) >= 11 is 0. The van der Waals surface area contributed by atoms with Gasteiger partial charge in [0.2, 0.25) is 0 Å². The van der Waals surface area contributed by atoms with E-state index in [0.717, 1.165) is 0 Å². The van der Waals surface area contributed by atoms with Crippen molar-refractivity contribution >= 4 is 6.29 Å². The molecule has 0 fully saturated rings. The van der Waals surface area contributed by atoms with Crippen molar-refractivity contribution in [3.8, 4) is 11.5 Å². The van der Waals surface area contributed by atoms with Crippen LogP contribution in [0, 0.1) is 11.6 Å². The van der Waals surface area contributed by atoms with Crippen LogP contribution in [0.1, 0.15) is 10.4 Å². The Morgan fingerprint density at radius 2 is 1.58 bits per heavy atom. The molecule has 1 rings (SSSR count). The van der Waals surface area contributed by atoms with Gasteiger partial charge in [0.05, 0.1) is 5.56 Å². The summed E-state index contributed by atoms with van der Waals surface area (Å²) in [6.45, 7) is 0.